The molecule has 0 heterocycles. The molecule has 0 aliphatic carbocycles. The molecule has 0 aromatic heterocycles. The van der Waals surface area contributed by atoms with Gasteiger partial charge in [0.05, 0.1) is 0 Å². The summed E-state index contributed by atoms with van der Waals surface area (Å²) in [7, 11) is 0. The zero-order valence-electron chi connectivity index (χ0n) is 5.94. The summed E-state index contributed by atoms with van der Waals surface area (Å²) in [5.74, 6) is 0. The Hall–Kier alpha value is -0.460. The summed E-state index contributed by atoms with van der Waals surface area (Å²) in [6, 6.07) is 0. The molecule has 0 aromatic carbocycles. The molecule has 0 aromatic rings. The summed E-state index contributed by atoms with van der Waals surface area (Å²) in [6.45, 7) is 6.56. The van der Waals surface area contributed by atoms with Gasteiger partial charge in [-0.15, -0.1) is 0 Å². The van der Waals surface area contributed by atoms with Gasteiger partial charge in [-0.25, -0.2) is 0 Å². The average Bonchev–Trinajstić information content (AvgIpc) is 1.59. The molecule has 0 aliphatic rings. The molecule has 0 radical (unpaired) electrons. The van der Waals surface area contributed by atoms with Gasteiger partial charge in [-0.3, -0.25) is 0 Å². The lowest BCUT2D eigenvalue weighted by molar-refractivity contribution is 0.420. The second-order valence-electron chi connectivity index (χ2n) is 3.19. The molecular formula is C7H15N. The van der Waals surface area contributed by atoms with Crippen LogP contribution in [0.25, 0.3) is 0 Å². The predicted octanol–water partition coefficient (Wildman–Crippen LogP) is 1.90. The van der Waals surface area contributed by atoms with Crippen LogP contribution in [0.5, 0.6) is 0 Å². The van der Waals surface area contributed by atoms with Gasteiger partial charge < -0.3 is 5.73 Å². The first-order valence-electron chi connectivity index (χ1n) is 2.93. The monoisotopic (exact) mass is 113 g/mol. The van der Waals surface area contributed by atoms with Crippen LogP contribution in [0.2, 0.25) is 0 Å². The van der Waals surface area contributed by atoms with E-state index in [4.69, 9.17) is 5.73 Å². The van der Waals surface area contributed by atoms with Crippen LogP contribution in [-0.4, -0.2) is 0 Å². The summed E-state index contributed by atoms with van der Waals surface area (Å²) < 4.78 is 0. The number of hydrogen-bond donors (Lipinski definition) is 1. The van der Waals surface area contributed by atoms with Crippen molar-refractivity contribution in [3.05, 3.63) is 12.3 Å². The molecule has 0 fully saturated rings. The second-order valence-corrected chi connectivity index (χ2v) is 3.19. The third-order valence-electron chi connectivity index (χ3n) is 0.866. The zero-order chi connectivity index (χ0) is 6.62. The van der Waals surface area contributed by atoms with Crippen LogP contribution in [0.1, 0.15) is 27.2 Å². The van der Waals surface area contributed by atoms with Crippen molar-refractivity contribution >= 4 is 0 Å². The van der Waals surface area contributed by atoms with Crippen LogP contribution in [0.4, 0.5) is 0 Å². The van der Waals surface area contributed by atoms with Crippen LogP contribution in [0, 0.1) is 5.41 Å². The van der Waals surface area contributed by atoms with Crippen molar-refractivity contribution < 1.29 is 0 Å². The molecule has 1 heteroatoms. The molecule has 0 spiro atoms. The van der Waals surface area contributed by atoms with Crippen LogP contribution < -0.4 is 5.73 Å². The van der Waals surface area contributed by atoms with Gasteiger partial charge in [0.2, 0.25) is 0 Å². The van der Waals surface area contributed by atoms with Gasteiger partial charge >= 0.3 is 0 Å². The molecule has 0 amide bonds. The van der Waals surface area contributed by atoms with E-state index < -0.39 is 0 Å². The molecule has 0 atom stereocenters. The first-order chi connectivity index (χ1) is 3.56. The quantitative estimate of drug-likeness (QED) is 0.552. The second kappa shape index (κ2) is 2.75. The Labute approximate surface area is 51.6 Å². The first kappa shape index (κ1) is 7.54. The maximum Gasteiger partial charge on any atom is -0.0103 e. The molecule has 2 N–H and O–H groups in total. The van der Waals surface area contributed by atoms with E-state index in [1.54, 1.807) is 6.20 Å². The largest absolute Gasteiger partial charge is 0.405 e. The van der Waals surface area contributed by atoms with Gasteiger partial charge in [-0.05, 0) is 18.0 Å². The zero-order valence-corrected chi connectivity index (χ0v) is 5.94. The van der Waals surface area contributed by atoms with Crippen LogP contribution in [0.3, 0.4) is 0 Å². The Balaban J connectivity index is 3.39. The maximum atomic E-state index is 5.16. The van der Waals surface area contributed by atoms with Crippen molar-refractivity contribution in [3.63, 3.8) is 0 Å². The van der Waals surface area contributed by atoms with Gasteiger partial charge in [-0.1, -0.05) is 26.8 Å². The fourth-order valence-electron chi connectivity index (χ4n) is 0.422. The number of nitrogens with two attached hydrogens (primary N) is 1. The third-order valence-corrected chi connectivity index (χ3v) is 0.866. The van der Waals surface area contributed by atoms with Crippen LogP contribution in [0.15, 0.2) is 12.3 Å². The molecule has 0 rings (SSSR count). The molecule has 0 bridgehead atoms. The highest BCUT2D eigenvalue weighted by Crippen LogP contribution is 2.17. The van der Waals surface area contributed by atoms with Gasteiger partial charge in [0, 0.05) is 0 Å². The van der Waals surface area contributed by atoms with Crippen molar-refractivity contribution in [3.8, 4) is 0 Å². The van der Waals surface area contributed by atoms with Crippen molar-refractivity contribution in [2.24, 2.45) is 11.1 Å². The highest BCUT2D eigenvalue weighted by molar-refractivity contribution is 4.81. The normalized spacial score (nSPS) is 12.9. The molecule has 0 saturated carbocycles. The minimum Gasteiger partial charge on any atom is -0.405 e. The number of allylic oxidation sites excluding steroid dienone is 1. The minimum absolute atomic E-state index is 0.385. The standard InChI is InChI=1S/C7H15N/c1-7(2,3)5-4-6-8/h4,6H,5,8H2,1-3H3. The fourth-order valence-corrected chi connectivity index (χ4v) is 0.422. The smallest absolute Gasteiger partial charge is 0.0103 e. The van der Waals surface area contributed by atoms with Gasteiger partial charge in [0.25, 0.3) is 0 Å². The van der Waals surface area contributed by atoms with E-state index in [1.165, 1.54) is 0 Å². The topological polar surface area (TPSA) is 26.0 Å². The van der Waals surface area contributed by atoms with E-state index >= 15 is 0 Å². The van der Waals surface area contributed by atoms with E-state index in [2.05, 4.69) is 20.8 Å². The van der Waals surface area contributed by atoms with Crippen molar-refractivity contribution in [2.75, 3.05) is 0 Å². The minimum atomic E-state index is 0.385. The van der Waals surface area contributed by atoms with E-state index in [1.807, 2.05) is 6.08 Å². The van der Waals surface area contributed by atoms with E-state index in [0.29, 0.717) is 5.41 Å². The van der Waals surface area contributed by atoms with Crippen molar-refractivity contribution in [1.82, 2.24) is 0 Å². The van der Waals surface area contributed by atoms with Crippen molar-refractivity contribution in [2.45, 2.75) is 27.2 Å². The highest BCUT2D eigenvalue weighted by atomic mass is 14.5. The average molecular weight is 113 g/mol. The molecule has 8 heavy (non-hydrogen) atoms. The summed E-state index contributed by atoms with van der Waals surface area (Å²) in [6.07, 6.45) is 4.65. The Kier molecular flexibility index (Phi) is 2.59. The van der Waals surface area contributed by atoms with E-state index in [-0.39, 0.29) is 0 Å². The van der Waals surface area contributed by atoms with Crippen molar-refractivity contribution in [1.29, 1.82) is 0 Å². The summed E-state index contributed by atoms with van der Waals surface area (Å²) in [5.41, 5.74) is 5.54. The maximum absolute atomic E-state index is 5.16. The highest BCUT2D eigenvalue weighted by Gasteiger charge is 2.05. The summed E-state index contributed by atoms with van der Waals surface area (Å²) >= 11 is 0. The molecule has 1 nitrogen and oxygen atoms in total. The lowest BCUT2D eigenvalue weighted by Gasteiger charge is -2.13. The predicted molar refractivity (Wildman–Crippen MR) is 37.4 cm³/mol. The third kappa shape index (κ3) is 5.54. The molecular weight excluding hydrogens is 98.1 g/mol. The SMILES string of the molecule is CC(C)(C)CC=CN. The van der Waals surface area contributed by atoms with Crippen LogP contribution >= 0.6 is 0 Å². The molecule has 48 valence electrons. The summed E-state index contributed by atoms with van der Waals surface area (Å²) in [5, 5.41) is 0. The van der Waals surface area contributed by atoms with Crippen LogP contribution in [-0.2, 0) is 0 Å². The lowest BCUT2D eigenvalue weighted by Crippen LogP contribution is -2.02. The lowest BCUT2D eigenvalue weighted by atomic mass is 9.92. The first-order valence-corrected chi connectivity index (χ1v) is 2.93. The molecule has 0 unspecified atom stereocenters. The summed E-state index contributed by atoms with van der Waals surface area (Å²) in [4.78, 5) is 0. The Morgan fingerprint density at radius 1 is 1.38 bits per heavy atom. The van der Waals surface area contributed by atoms with Gasteiger partial charge in [-0.2, -0.15) is 0 Å². The van der Waals surface area contributed by atoms with Gasteiger partial charge in [0.1, 0.15) is 0 Å². The fraction of sp³-hybridized carbons (Fsp3) is 0.714. The molecule has 0 saturated heterocycles. The van der Waals surface area contributed by atoms with Gasteiger partial charge in [0.15, 0.2) is 0 Å². The Morgan fingerprint density at radius 2 is 1.88 bits per heavy atom. The van der Waals surface area contributed by atoms with E-state index in [9.17, 15) is 0 Å². The number of rotatable bonds is 1. The Bertz CT molecular complexity index is 76.9. The Morgan fingerprint density at radius 3 is 2.00 bits per heavy atom. The number of hydrogen-bond acceptors (Lipinski definition) is 1. The van der Waals surface area contributed by atoms with E-state index in [0.717, 1.165) is 6.42 Å². The molecule has 0 aliphatic heterocycles.